The molecule has 0 spiro atoms. The van der Waals surface area contributed by atoms with Crippen LogP contribution in [0, 0.1) is 0 Å². The molecule has 0 radical (unpaired) electrons. The van der Waals surface area contributed by atoms with Crippen LogP contribution in [-0.2, 0) is 6.42 Å². The highest BCUT2D eigenvalue weighted by molar-refractivity contribution is 6.30. The van der Waals surface area contributed by atoms with Crippen molar-refractivity contribution < 1.29 is 0 Å². The summed E-state index contributed by atoms with van der Waals surface area (Å²) >= 11 is 5.84. The average molecular weight is 232 g/mol. The number of hydrogen-bond acceptors (Lipinski definition) is 1. The molecule has 0 fully saturated rings. The number of rotatable bonds is 3. The van der Waals surface area contributed by atoms with E-state index >= 15 is 0 Å². The number of halogens is 1. The van der Waals surface area contributed by atoms with Crippen molar-refractivity contribution >= 4 is 11.6 Å². The molecule has 0 aliphatic heterocycles. The maximum atomic E-state index is 6.13. The van der Waals surface area contributed by atoms with Crippen molar-refractivity contribution in [1.82, 2.24) is 0 Å². The molecular formula is C14H14ClN. The zero-order chi connectivity index (χ0) is 11.4. The molecule has 0 bridgehead atoms. The molecule has 2 aromatic carbocycles. The highest BCUT2D eigenvalue weighted by Crippen LogP contribution is 2.18. The number of hydrogen-bond donors (Lipinski definition) is 1. The smallest absolute Gasteiger partial charge is 0.0406 e. The van der Waals surface area contributed by atoms with Gasteiger partial charge in [-0.25, -0.2) is 0 Å². The Hall–Kier alpha value is -1.31. The van der Waals surface area contributed by atoms with Crippen LogP contribution < -0.4 is 5.73 Å². The lowest BCUT2D eigenvalue weighted by molar-refractivity contribution is 0.722. The Labute approximate surface area is 101 Å². The molecule has 82 valence electrons. The second kappa shape index (κ2) is 5.15. The van der Waals surface area contributed by atoms with Gasteiger partial charge in [0, 0.05) is 11.1 Å². The van der Waals surface area contributed by atoms with E-state index in [1.807, 2.05) is 42.5 Å². The molecular weight excluding hydrogens is 218 g/mol. The summed E-state index contributed by atoms with van der Waals surface area (Å²) in [4.78, 5) is 0. The van der Waals surface area contributed by atoms with Gasteiger partial charge >= 0.3 is 0 Å². The molecule has 0 unspecified atom stereocenters. The van der Waals surface area contributed by atoms with Crippen molar-refractivity contribution in [2.24, 2.45) is 5.73 Å². The molecule has 0 aliphatic carbocycles. The molecule has 0 heterocycles. The fraction of sp³-hybridized carbons (Fsp3) is 0.143. The summed E-state index contributed by atoms with van der Waals surface area (Å²) in [7, 11) is 0. The van der Waals surface area contributed by atoms with E-state index in [0.29, 0.717) is 0 Å². The molecule has 0 amide bonds. The van der Waals surface area contributed by atoms with E-state index < -0.39 is 0 Å². The van der Waals surface area contributed by atoms with E-state index in [0.717, 1.165) is 17.0 Å². The molecule has 1 atom stereocenters. The van der Waals surface area contributed by atoms with Crippen LogP contribution in [0.3, 0.4) is 0 Å². The third-order valence-electron chi connectivity index (χ3n) is 2.60. The van der Waals surface area contributed by atoms with Crippen LogP contribution in [0.4, 0.5) is 0 Å². The molecule has 16 heavy (non-hydrogen) atoms. The molecule has 2 aromatic rings. The molecule has 2 N–H and O–H groups in total. The van der Waals surface area contributed by atoms with Crippen molar-refractivity contribution in [3.05, 3.63) is 70.7 Å². The van der Waals surface area contributed by atoms with Gasteiger partial charge in [0.15, 0.2) is 0 Å². The molecule has 2 rings (SSSR count). The van der Waals surface area contributed by atoms with Crippen LogP contribution in [0.2, 0.25) is 5.02 Å². The Balaban J connectivity index is 2.09. The van der Waals surface area contributed by atoms with Crippen LogP contribution >= 0.6 is 11.6 Å². The van der Waals surface area contributed by atoms with E-state index in [4.69, 9.17) is 17.3 Å². The zero-order valence-corrected chi connectivity index (χ0v) is 9.69. The molecule has 0 aliphatic rings. The minimum absolute atomic E-state index is 0.0275. The first kappa shape index (κ1) is 11.2. The van der Waals surface area contributed by atoms with Gasteiger partial charge in [-0.15, -0.1) is 0 Å². The quantitative estimate of drug-likeness (QED) is 0.859. The van der Waals surface area contributed by atoms with Gasteiger partial charge in [0.25, 0.3) is 0 Å². The predicted octanol–water partition coefficient (Wildman–Crippen LogP) is 3.58. The van der Waals surface area contributed by atoms with Gasteiger partial charge in [-0.2, -0.15) is 0 Å². The monoisotopic (exact) mass is 231 g/mol. The summed E-state index contributed by atoms with van der Waals surface area (Å²) in [6, 6.07) is 18.0. The van der Waals surface area contributed by atoms with E-state index in [1.165, 1.54) is 5.56 Å². The summed E-state index contributed by atoms with van der Waals surface area (Å²) in [6.45, 7) is 0. The zero-order valence-electron chi connectivity index (χ0n) is 8.94. The van der Waals surface area contributed by atoms with Crippen molar-refractivity contribution in [3.63, 3.8) is 0 Å². The minimum Gasteiger partial charge on any atom is -0.324 e. The van der Waals surface area contributed by atoms with E-state index in [-0.39, 0.29) is 6.04 Å². The molecule has 1 nitrogen and oxygen atoms in total. The Bertz CT molecular complexity index is 436. The lowest BCUT2D eigenvalue weighted by Crippen LogP contribution is -2.13. The van der Waals surface area contributed by atoms with Crippen LogP contribution in [0.1, 0.15) is 17.2 Å². The molecule has 2 heteroatoms. The number of nitrogens with two attached hydrogens (primary N) is 1. The van der Waals surface area contributed by atoms with Crippen molar-refractivity contribution in [1.29, 1.82) is 0 Å². The van der Waals surface area contributed by atoms with Crippen molar-refractivity contribution in [2.75, 3.05) is 0 Å². The third kappa shape index (κ3) is 2.84. The normalized spacial score (nSPS) is 12.4. The summed E-state index contributed by atoms with van der Waals surface area (Å²) in [6.07, 6.45) is 0.850. The summed E-state index contributed by atoms with van der Waals surface area (Å²) in [5.74, 6) is 0. The van der Waals surface area contributed by atoms with Crippen LogP contribution in [0.25, 0.3) is 0 Å². The fourth-order valence-electron chi connectivity index (χ4n) is 1.70. The Morgan fingerprint density at radius 1 is 0.938 bits per heavy atom. The van der Waals surface area contributed by atoms with Gasteiger partial charge in [-0.1, -0.05) is 54.1 Å². The second-order valence-electron chi connectivity index (χ2n) is 3.85. The first-order valence-corrected chi connectivity index (χ1v) is 5.68. The van der Waals surface area contributed by atoms with Gasteiger partial charge in [-0.05, 0) is 29.7 Å². The third-order valence-corrected chi connectivity index (χ3v) is 2.85. The lowest BCUT2D eigenvalue weighted by Gasteiger charge is -2.12. The van der Waals surface area contributed by atoms with Gasteiger partial charge in [-0.3, -0.25) is 0 Å². The second-order valence-corrected chi connectivity index (χ2v) is 4.28. The standard InChI is InChI=1S/C14H14ClN/c15-13-8-6-12(7-9-13)14(16)10-11-4-2-1-3-5-11/h1-9,14H,10,16H2/t14-/m1/s1. The van der Waals surface area contributed by atoms with Crippen LogP contribution in [-0.4, -0.2) is 0 Å². The summed E-state index contributed by atoms with van der Waals surface area (Å²) < 4.78 is 0. The lowest BCUT2D eigenvalue weighted by atomic mass is 10.00. The SMILES string of the molecule is N[C@H](Cc1ccccc1)c1ccc(Cl)cc1. The van der Waals surface area contributed by atoms with Crippen molar-refractivity contribution in [2.45, 2.75) is 12.5 Å². The maximum absolute atomic E-state index is 6.13. The van der Waals surface area contributed by atoms with Gasteiger partial charge in [0.05, 0.1) is 0 Å². The van der Waals surface area contributed by atoms with E-state index in [9.17, 15) is 0 Å². The van der Waals surface area contributed by atoms with E-state index in [2.05, 4.69) is 12.1 Å². The topological polar surface area (TPSA) is 26.0 Å². The largest absolute Gasteiger partial charge is 0.324 e. The van der Waals surface area contributed by atoms with Crippen molar-refractivity contribution in [3.8, 4) is 0 Å². The molecule has 0 aromatic heterocycles. The van der Waals surface area contributed by atoms with Crippen LogP contribution in [0.5, 0.6) is 0 Å². The predicted molar refractivity (Wildman–Crippen MR) is 68.5 cm³/mol. The first-order valence-electron chi connectivity index (χ1n) is 5.30. The average Bonchev–Trinajstić information content (AvgIpc) is 2.31. The van der Waals surface area contributed by atoms with E-state index in [1.54, 1.807) is 0 Å². The molecule has 0 saturated carbocycles. The van der Waals surface area contributed by atoms with Crippen LogP contribution in [0.15, 0.2) is 54.6 Å². The highest BCUT2D eigenvalue weighted by Gasteiger charge is 2.06. The summed E-state index contributed by atoms with van der Waals surface area (Å²) in [5, 5.41) is 0.746. The highest BCUT2D eigenvalue weighted by atomic mass is 35.5. The molecule has 0 saturated heterocycles. The minimum atomic E-state index is 0.0275. The van der Waals surface area contributed by atoms with Gasteiger partial charge in [0.2, 0.25) is 0 Å². The Morgan fingerprint density at radius 3 is 2.19 bits per heavy atom. The number of benzene rings is 2. The maximum Gasteiger partial charge on any atom is 0.0406 e. The summed E-state index contributed by atoms with van der Waals surface area (Å²) in [5.41, 5.74) is 8.51. The van der Waals surface area contributed by atoms with Gasteiger partial charge in [0.1, 0.15) is 0 Å². The fourth-order valence-corrected chi connectivity index (χ4v) is 1.82. The first-order chi connectivity index (χ1) is 7.75. The van der Waals surface area contributed by atoms with Gasteiger partial charge < -0.3 is 5.73 Å². The Morgan fingerprint density at radius 2 is 1.56 bits per heavy atom. The Kier molecular flexibility index (Phi) is 3.60.